The summed E-state index contributed by atoms with van der Waals surface area (Å²) in [7, 11) is -3.53. The Morgan fingerprint density at radius 1 is 0.871 bits per heavy atom. The fourth-order valence-corrected chi connectivity index (χ4v) is 7.67. The monoisotopic (exact) mass is 446 g/mol. The number of piperidine rings is 1. The third kappa shape index (κ3) is 4.70. The second-order valence-electron chi connectivity index (χ2n) is 10.3. The molecule has 1 aromatic carbocycles. The Kier molecular flexibility index (Phi) is 6.51. The van der Waals surface area contributed by atoms with Gasteiger partial charge in [0.15, 0.2) is 0 Å². The van der Waals surface area contributed by atoms with Crippen molar-refractivity contribution in [2.24, 2.45) is 11.8 Å². The van der Waals surface area contributed by atoms with Gasteiger partial charge in [-0.1, -0.05) is 24.6 Å². The fraction of sp³-hybridized carbons (Fsp3) is 0.720. The van der Waals surface area contributed by atoms with Crippen LogP contribution < -0.4 is 0 Å². The summed E-state index contributed by atoms with van der Waals surface area (Å²) in [6.45, 7) is 8.93. The number of aryl methyl sites for hydroxylation is 3. The van der Waals surface area contributed by atoms with E-state index in [1.807, 2.05) is 32.9 Å². The molecule has 5 nitrogen and oxygen atoms in total. The van der Waals surface area contributed by atoms with E-state index in [1.165, 1.54) is 12.8 Å². The van der Waals surface area contributed by atoms with Crippen molar-refractivity contribution in [2.75, 3.05) is 13.1 Å². The molecule has 3 aliphatic rings. The van der Waals surface area contributed by atoms with E-state index in [0.717, 1.165) is 48.3 Å². The Morgan fingerprint density at radius 3 is 1.84 bits per heavy atom. The van der Waals surface area contributed by atoms with Gasteiger partial charge in [0.2, 0.25) is 15.9 Å². The molecule has 172 valence electrons. The standard InChI is InChI=1S/C25H38N2O3S/c1-17-5-7-22(8-6-17)27(23-9-10-23)25(28)21-11-13-26(14-12-21)31(29,30)24-19(3)15-18(2)16-20(24)4/h15-17,21-23H,5-14H2,1-4H3. The Morgan fingerprint density at radius 2 is 1.35 bits per heavy atom. The van der Waals surface area contributed by atoms with Crippen molar-refractivity contribution in [3.63, 3.8) is 0 Å². The van der Waals surface area contributed by atoms with Crippen molar-refractivity contribution in [1.82, 2.24) is 9.21 Å². The van der Waals surface area contributed by atoms with Crippen molar-refractivity contribution in [3.8, 4) is 0 Å². The molecular weight excluding hydrogens is 408 g/mol. The Hall–Kier alpha value is -1.40. The first-order valence-corrected chi connectivity index (χ1v) is 13.5. The van der Waals surface area contributed by atoms with Crippen molar-refractivity contribution in [3.05, 3.63) is 28.8 Å². The van der Waals surface area contributed by atoms with Crippen LogP contribution in [0.15, 0.2) is 17.0 Å². The molecule has 0 aromatic heterocycles. The van der Waals surface area contributed by atoms with Crippen LogP contribution in [0.5, 0.6) is 0 Å². The van der Waals surface area contributed by atoms with Crippen LogP contribution in [0.1, 0.15) is 75.0 Å². The van der Waals surface area contributed by atoms with E-state index in [1.54, 1.807) is 4.31 Å². The summed E-state index contributed by atoms with van der Waals surface area (Å²) in [5.74, 6) is 1.03. The van der Waals surface area contributed by atoms with E-state index >= 15 is 0 Å². The van der Waals surface area contributed by atoms with Crippen molar-refractivity contribution < 1.29 is 13.2 Å². The minimum atomic E-state index is -3.53. The molecule has 0 unspecified atom stereocenters. The van der Waals surface area contributed by atoms with Gasteiger partial charge in [0.05, 0.1) is 4.90 Å². The lowest BCUT2D eigenvalue weighted by molar-refractivity contribution is -0.140. The molecule has 2 saturated carbocycles. The number of rotatable bonds is 5. The summed E-state index contributed by atoms with van der Waals surface area (Å²) >= 11 is 0. The van der Waals surface area contributed by atoms with Crippen LogP contribution in [-0.4, -0.2) is 48.7 Å². The minimum absolute atomic E-state index is 0.0355. The third-order valence-electron chi connectivity index (χ3n) is 7.58. The normalized spacial score (nSPS) is 26.1. The molecule has 4 rings (SSSR count). The van der Waals surface area contributed by atoms with Gasteiger partial charge in [-0.25, -0.2) is 8.42 Å². The topological polar surface area (TPSA) is 57.7 Å². The molecule has 0 bridgehead atoms. The van der Waals surface area contributed by atoms with Crippen molar-refractivity contribution >= 4 is 15.9 Å². The van der Waals surface area contributed by atoms with Gasteiger partial charge >= 0.3 is 0 Å². The van der Waals surface area contributed by atoms with Crippen molar-refractivity contribution in [2.45, 2.75) is 96.0 Å². The lowest BCUT2D eigenvalue weighted by Crippen LogP contribution is -2.49. The number of amides is 1. The van der Waals surface area contributed by atoms with Crippen LogP contribution in [0.2, 0.25) is 0 Å². The van der Waals surface area contributed by atoms with Crippen LogP contribution in [0.25, 0.3) is 0 Å². The molecule has 2 aliphatic carbocycles. The van der Waals surface area contributed by atoms with Crippen LogP contribution in [0.3, 0.4) is 0 Å². The van der Waals surface area contributed by atoms with Gasteiger partial charge in [-0.2, -0.15) is 4.31 Å². The fourth-order valence-electron chi connectivity index (χ4n) is 5.79. The van der Waals surface area contributed by atoms with Crippen molar-refractivity contribution in [1.29, 1.82) is 0 Å². The average Bonchev–Trinajstić information content (AvgIpc) is 3.53. The zero-order valence-electron chi connectivity index (χ0n) is 19.6. The Bertz CT molecular complexity index is 899. The molecule has 1 heterocycles. The van der Waals surface area contributed by atoms with Gasteiger partial charge in [0.25, 0.3) is 0 Å². The Labute approximate surface area is 188 Å². The first-order chi connectivity index (χ1) is 14.7. The van der Waals surface area contributed by atoms with Gasteiger partial charge < -0.3 is 4.90 Å². The lowest BCUT2D eigenvalue weighted by Gasteiger charge is -2.40. The summed E-state index contributed by atoms with van der Waals surface area (Å²) in [5.41, 5.74) is 2.69. The predicted molar refractivity (Wildman–Crippen MR) is 123 cm³/mol. The van der Waals surface area contributed by atoms with E-state index in [2.05, 4.69) is 11.8 Å². The maximum atomic E-state index is 13.5. The highest BCUT2D eigenvalue weighted by Crippen LogP contribution is 2.38. The van der Waals surface area contributed by atoms with Gasteiger partial charge in [-0.15, -0.1) is 0 Å². The van der Waals surface area contributed by atoms with Crippen LogP contribution in [0.4, 0.5) is 0 Å². The highest BCUT2D eigenvalue weighted by Gasteiger charge is 2.42. The van der Waals surface area contributed by atoms with E-state index < -0.39 is 10.0 Å². The smallest absolute Gasteiger partial charge is 0.243 e. The minimum Gasteiger partial charge on any atom is -0.336 e. The molecule has 0 spiro atoms. The quantitative estimate of drug-likeness (QED) is 0.665. The number of hydrogen-bond donors (Lipinski definition) is 0. The maximum absolute atomic E-state index is 13.5. The maximum Gasteiger partial charge on any atom is 0.243 e. The molecule has 1 amide bonds. The number of carbonyl (C=O) groups excluding carboxylic acids is 1. The summed E-state index contributed by atoms with van der Waals surface area (Å²) in [4.78, 5) is 16.2. The molecule has 1 aliphatic heterocycles. The van der Waals surface area contributed by atoms with E-state index in [0.29, 0.717) is 48.8 Å². The Balaban J connectivity index is 1.44. The van der Waals surface area contributed by atoms with E-state index in [4.69, 9.17) is 0 Å². The number of nitrogens with zero attached hydrogens (tertiary/aromatic N) is 2. The second-order valence-corrected chi connectivity index (χ2v) is 12.2. The second kappa shape index (κ2) is 8.86. The SMILES string of the molecule is Cc1cc(C)c(S(=O)(=O)N2CCC(C(=O)N(C3CCC(C)CC3)C3CC3)CC2)c(C)c1. The first kappa shape index (κ1) is 22.8. The molecule has 31 heavy (non-hydrogen) atoms. The summed E-state index contributed by atoms with van der Waals surface area (Å²) in [6.07, 6.45) is 8.22. The lowest BCUT2D eigenvalue weighted by atomic mass is 9.85. The highest BCUT2D eigenvalue weighted by molar-refractivity contribution is 7.89. The molecular formula is C25H38N2O3S. The molecule has 0 atom stereocenters. The number of hydrogen-bond acceptors (Lipinski definition) is 3. The van der Waals surface area contributed by atoms with Crippen LogP contribution in [-0.2, 0) is 14.8 Å². The zero-order chi connectivity index (χ0) is 22.3. The van der Waals surface area contributed by atoms with Crippen LogP contribution >= 0.6 is 0 Å². The molecule has 1 saturated heterocycles. The largest absolute Gasteiger partial charge is 0.336 e. The summed E-state index contributed by atoms with van der Waals surface area (Å²) < 4.78 is 28.4. The first-order valence-electron chi connectivity index (χ1n) is 12.1. The van der Waals surface area contributed by atoms with E-state index in [-0.39, 0.29) is 5.92 Å². The van der Waals surface area contributed by atoms with E-state index in [9.17, 15) is 13.2 Å². The summed E-state index contributed by atoms with van der Waals surface area (Å²) in [6, 6.07) is 4.71. The third-order valence-corrected chi connectivity index (χ3v) is 9.78. The number of benzene rings is 1. The zero-order valence-corrected chi connectivity index (χ0v) is 20.4. The predicted octanol–water partition coefficient (Wildman–Crippen LogP) is 4.58. The molecule has 0 N–H and O–H groups in total. The van der Waals surface area contributed by atoms with Crippen LogP contribution in [0, 0.1) is 32.6 Å². The highest BCUT2D eigenvalue weighted by atomic mass is 32.2. The number of sulfonamides is 1. The summed E-state index contributed by atoms with van der Waals surface area (Å²) in [5, 5.41) is 0. The average molecular weight is 447 g/mol. The number of carbonyl (C=O) groups is 1. The van der Waals surface area contributed by atoms with Gasteiger partial charge in [0, 0.05) is 31.1 Å². The van der Waals surface area contributed by atoms with Gasteiger partial charge in [-0.05, 0) is 89.2 Å². The van der Waals surface area contributed by atoms with Gasteiger partial charge in [0.1, 0.15) is 0 Å². The molecule has 6 heteroatoms. The molecule has 3 fully saturated rings. The molecule has 0 radical (unpaired) electrons. The molecule has 1 aromatic rings. The van der Waals surface area contributed by atoms with Gasteiger partial charge in [-0.3, -0.25) is 4.79 Å².